The van der Waals surface area contributed by atoms with Crippen LogP contribution in [0.3, 0.4) is 0 Å². The molecule has 0 unspecified atom stereocenters. The number of amides is 2. The van der Waals surface area contributed by atoms with Gasteiger partial charge in [-0.25, -0.2) is 4.39 Å². The highest BCUT2D eigenvalue weighted by Gasteiger charge is 2.35. The van der Waals surface area contributed by atoms with Crippen LogP contribution in [0.1, 0.15) is 33.4 Å². The van der Waals surface area contributed by atoms with Gasteiger partial charge >= 0.3 is 0 Å². The van der Waals surface area contributed by atoms with E-state index >= 15 is 0 Å². The molecule has 0 radical (unpaired) electrons. The van der Waals surface area contributed by atoms with Gasteiger partial charge in [0.05, 0.1) is 18.3 Å². The van der Waals surface area contributed by atoms with Crippen LogP contribution in [0.15, 0.2) is 54.6 Å². The van der Waals surface area contributed by atoms with E-state index in [1.54, 1.807) is 55.6 Å². The summed E-state index contributed by atoms with van der Waals surface area (Å²) in [6.45, 7) is 1.85. The van der Waals surface area contributed by atoms with E-state index in [2.05, 4.69) is 10.4 Å². The number of halogens is 1. The van der Waals surface area contributed by atoms with Crippen molar-refractivity contribution >= 4 is 17.5 Å². The molecule has 2 aromatic carbocycles. The van der Waals surface area contributed by atoms with Gasteiger partial charge in [0.1, 0.15) is 24.2 Å². The molecule has 9 heteroatoms. The average Bonchev–Trinajstić information content (AvgIpc) is 3.14. The van der Waals surface area contributed by atoms with Crippen LogP contribution < -0.4 is 5.32 Å². The summed E-state index contributed by atoms with van der Waals surface area (Å²) in [6, 6.07) is 14.0. The van der Waals surface area contributed by atoms with Crippen LogP contribution in [0.5, 0.6) is 0 Å². The Morgan fingerprint density at radius 2 is 2.00 bits per heavy atom. The van der Waals surface area contributed by atoms with Gasteiger partial charge < -0.3 is 20.1 Å². The molecule has 172 valence electrons. The minimum Gasteiger partial charge on any atom is -0.386 e. The third-order valence-electron chi connectivity index (χ3n) is 5.64. The van der Waals surface area contributed by atoms with Gasteiger partial charge in [0.15, 0.2) is 0 Å². The van der Waals surface area contributed by atoms with Crippen molar-refractivity contribution in [2.45, 2.75) is 25.6 Å². The predicted octanol–water partition coefficient (Wildman–Crippen LogP) is 2.58. The molecule has 1 saturated heterocycles. The number of morpholine rings is 1. The Bertz CT molecular complexity index is 1160. The summed E-state index contributed by atoms with van der Waals surface area (Å²) in [6.07, 6.45) is -1.05. The van der Waals surface area contributed by atoms with Crippen LogP contribution in [-0.2, 0) is 23.1 Å². The Kier molecular flexibility index (Phi) is 6.52. The summed E-state index contributed by atoms with van der Waals surface area (Å²) < 4.78 is 21.0. The smallest absolute Gasteiger partial charge is 0.273 e. The van der Waals surface area contributed by atoms with E-state index in [1.807, 2.05) is 6.92 Å². The second kappa shape index (κ2) is 9.51. The van der Waals surface area contributed by atoms with Crippen molar-refractivity contribution in [2.75, 3.05) is 18.5 Å². The Morgan fingerprint density at radius 1 is 1.27 bits per heavy atom. The van der Waals surface area contributed by atoms with Gasteiger partial charge in [-0.2, -0.15) is 5.10 Å². The van der Waals surface area contributed by atoms with Crippen molar-refractivity contribution in [3.8, 4) is 0 Å². The SMILES string of the molecule is Cc1cc(C(=O)Nc2ccc([C@@H](O)[C@H]3COCC(=O)N3Cc3ccccc3F)cc2)n(C)n1. The largest absolute Gasteiger partial charge is 0.386 e. The molecule has 33 heavy (non-hydrogen) atoms. The first-order chi connectivity index (χ1) is 15.8. The molecule has 1 fully saturated rings. The highest BCUT2D eigenvalue weighted by molar-refractivity contribution is 6.03. The molecule has 0 bridgehead atoms. The monoisotopic (exact) mass is 452 g/mol. The molecular formula is C24H25FN4O4. The van der Waals surface area contributed by atoms with Gasteiger partial charge in [-0.05, 0) is 36.8 Å². The summed E-state index contributed by atoms with van der Waals surface area (Å²) in [5.41, 5.74) is 2.64. The van der Waals surface area contributed by atoms with Crippen LogP contribution in [0.2, 0.25) is 0 Å². The van der Waals surface area contributed by atoms with E-state index in [9.17, 15) is 19.1 Å². The number of anilines is 1. The van der Waals surface area contributed by atoms with Gasteiger partial charge in [-0.15, -0.1) is 0 Å². The zero-order valence-corrected chi connectivity index (χ0v) is 18.4. The van der Waals surface area contributed by atoms with Crippen molar-refractivity contribution in [2.24, 2.45) is 7.05 Å². The maximum Gasteiger partial charge on any atom is 0.273 e. The lowest BCUT2D eigenvalue weighted by Gasteiger charge is -2.38. The van der Waals surface area contributed by atoms with E-state index in [-0.39, 0.29) is 31.6 Å². The fraction of sp³-hybridized carbons (Fsp3) is 0.292. The van der Waals surface area contributed by atoms with Crippen LogP contribution in [0, 0.1) is 12.7 Å². The van der Waals surface area contributed by atoms with Gasteiger partial charge in [-0.1, -0.05) is 30.3 Å². The molecule has 1 aliphatic heterocycles. The second-order valence-electron chi connectivity index (χ2n) is 8.01. The van der Waals surface area contributed by atoms with Crippen LogP contribution in [0.25, 0.3) is 0 Å². The third kappa shape index (κ3) is 4.94. The van der Waals surface area contributed by atoms with Gasteiger partial charge in [-0.3, -0.25) is 14.3 Å². The first kappa shape index (κ1) is 22.6. The van der Waals surface area contributed by atoms with Crippen LogP contribution >= 0.6 is 0 Å². The molecular weight excluding hydrogens is 427 g/mol. The van der Waals surface area contributed by atoms with E-state index in [4.69, 9.17) is 4.74 Å². The van der Waals surface area contributed by atoms with E-state index in [0.29, 0.717) is 22.5 Å². The van der Waals surface area contributed by atoms with Gasteiger partial charge in [0.2, 0.25) is 5.91 Å². The number of aromatic nitrogens is 2. The summed E-state index contributed by atoms with van der Waals surface area (Å²) in [4.78, 5) is 26.4. The zero-order valence-electron chi connectivity index (χ0n) is 18.4. The number of rotatable bonds is 6. The third-order valence-corrected chi connectivity index (χ3v) is 5.64. The number of aryl methyl sites for hydroxylation is 2. The Hall–Kier alpha value is -3.56. The number of hydrogen-bond donors (Lipinski definition) is 2. The molecule has 3 aromatic rings. The Labute approximate surface area is 190 Å². The molecule has 8 nitrogen and oxygen atoms in total. The summed E-state index contributed by atoms with van der Waals surface area (Å²) in [7, 11) is 1.70. The highest BCUT2D eigenvalue weighted by atomic mass is 19.1. The molecule has 0 spiro atoms. The van der Waals surface area contributed by atoms with E-state index in [1.165, 1.54) is 15.6 Å². The summed E-state index contributed by atoms with van der Waals surface area (Å²) in [5, 5.41) is 18.0. The molecule has 1 aliphatic rings. The fourth-order valence-electron chi connectivity index (χ4n) is 3.91. The molecule has 0 saturated carbocycles. The van der Waals surface area contributed by atoms with Crippen LogP contribution in [-0.4, -0.2) is 50.9 Å². The zero-order chi connectivity index (χ0) is 23.5. The van der Waals surface area contributed by atoms with Crippen molar-refractivity contribution in [3.63, 3.8) is 0 Å². The number of nitrogens with one attached hydrogen (secondary N) is 1. The number of nitrogens with zero attached hydrogens (tertiary/aromatic N) is 3. The molecule has 2 N–H and O–H groups in total. The minimum absolute atomic E-state index is 0.0366. The number of ether oxygens (including phenoxy) is 1. The fourth-order valence-corrected chi connectivity index (χ4v) is 3.91. The lowest BCUT2D eigenvalue weighted by molar-refractivity contribution is -0.155. The van der Waals surface area contributed by atoms with Crippen molar-refractivity contribution in [3.05, 3.63) is 82.9 Å². The Balaban J connectivity index is 1.48. The van der Waals surface area contributed by atoms with Crippen molar-refractivity contribution < 1.29 is 23.8 Å². The number of carbonyl (C=O) groups excluding carboxylic acids is 2. The first-order valence-corrected chi connectivity index (χ1v) is 10.5. The number of aliphatic hydroxyl groups is 1. The maximum absolute atomic E-state index is 14.1. The lowest BCUT2D eigenvalue weighted by Crippen LogP contribution is -2.51. The maximum atomic E-state index is 14.1. The Morgan fingerprint density at radius 3 is 2.67 bits per heavy atom. The van der Waals surface area contributed by atoms with E-state index < -0.39 is 18.0 Å². The van der Waals surface area contributed by atoms with Crippen molar-refractivity contribution in [1.82, 2.24) is 14.7 Å². The predicted molar refractivity (Wildman–Crippen MR) is 119 cm³/mol. The molecule has 1 aromatic heterocycles. The quantitative estimate of drug-likeness (QED) is 0.599. The van der Waals surface area contributed by atoms with Crippen LogP contribution in [0.4, 0.5) is 10.1 Å². The summed E-state index contributed by atoms with van der Waals surface area (Å²) >= 11 is 0. The normalized spacial score (nSPS) is 17.2. The average molecular weight is 452 g/mol. The highest BCUT2D eigenvalue weighted by Crippen LogP contribution is 2.27. The standard InChI is InChI=1S/C24H25FN4O4/c1-15-11-20(28(2)27-15)24(32)26-18-9-7-16(8-10-18)23(31)21-13-33-14-22(30)29(21)12-17-5-3-4-6-19(17)25/h3-11,21,23,31H,12-14H2,1-2H3,(H,26,32)/t21-,23-/m1/s1. The second-order valence-corrected chi connectivity index (χ2v) is 8.01. The van der Waals surface area contributed by atoms with Gasteiger partial charge in [0, 0.05) is 24.8 Å². The lowest BCUT2D eigenvalue weighted by atomic mass is 9.99. The molecule has 4 rings (SSSR count). The first-order valence-electron chi connectivity index (χ1n) is 10.5. The number of hydrogen-bond acceptors (Lipinski definition) is 5. The van der Waals surface area contributed by atoms with E-state index in [0.717, 1.165) is 5.69 Å². The number of aliphatic hydroxyl groups excluding tert-OH is 1. The molecule has 2 atom stereocenters. The molecule has 2 heterocycles. The number of benzene rings is 2. The van der Waals surface area contributed by atoms with Gasteiger partial charge in [0.25, 0.3) is 5.91 Å². The topological polar surface area (TPSA) is 96.7 Å². The summed E-state index contributed by atoms with van der Waals surface area (Å²) in [5.74, 6) is -1.02. The molecule has 0 aliphatic carbocycles. The minimum atomic E-state index is -1.05. The van der Waals surface area contributed by atoms with Crippen molar-refractivity contribution in [1.29, 1.82) is 0 Å². The molecule has 2 amide bonds. The number of carbonyl (C=O) groups is 2.